The van der Waals surface area contributed by atoms with Gasteiger partial charge >= 0.3 is 5.97 Å². The smallest absolute Gasteiger partial charge is 0.374 e. The van der Waals surface area contributed by atoms with Crippen LogP contribution in [-0.2, 0) is 11.2 Å². The standard InChI is InChI=1S/C9H12O3/c1-3-4-7-5-6-12-8(7)9(10)11-2/h5-6H,3-4H2,1-2H3. The third-order valence-corrected chi connectivity index (χ3v) is 1.64. The highest BCUT2D eigenvalue weighted by atomic mass is 16.5. The van der Waals surface area contributed by atoms with E-state index in [2.05, 4.69) is 4.74 Å². The van der Waals surface area contributed by atoms with Crippen molar-refractivity contribution in [1.29, 1.82) is 0 Å². The maximum atomic E-state index is 11.1. The first-order valence-corrected chi connectivity index (χ1v) is 3.94. The molecule has 1 rings (SSSR count). The van der Waals surface area contributed by atoms with Gasteiger partial charge in [0.15, 0.2) is 0 Å². The number of carbonyl (C=O) groups excluding carboxylic acids is 1. The van der Waals surface area contributed by atoms with Crippen molar-refractivity contribution < 1.29 is 13.9 Å². The molecule has 0 fully saturated rings. The van der Waals surface area contributed by atoms with Gasteiger partial charge < -0.3 is 9.15 Å². The molecular weight excluding hydrogens is 156 g/mol. The molecule has 0 unspecified atom stereocenters. The average molecular weight is 168 g/mol. The SMILES string of the molecule is CCCc1ccoc1C(=O)OC. The molecule has 0 aliphatic rings. The zero-order valence-electron chi connectivity index (χ0n) is 7.29. The van der Waals surface area contributed by atoms with E-state index in [1.807, 2.05) is 6.92 Å². The van der Waals surface area contributed by atoms with Crippen LogP contribution in [0, 0.1) is 0 Å². The first-order valence-electron chi connectivity index (χ1n) is 3.94. The first-order chi connectivity index (χ1) is 5.79. The van der Waals surface area contributed by atoms with Gasteiger partial charge in [0.2, 0.25) is 5.76 Å². The molecule has 1 heterocycles. The molecule has 0 saturated carbocycles. The second kappa shape index (κ2) is 3.95. The maximum absolute atomic E-state index is 11.1. The minimum atomic E-state index is -0.400. The van der Waals surface area contributed by atoms with Crippen LogP contribution in [0.15, 0.2) is 16.7 Å². The average Bonchev–Trinajstić information content (AvgIpc) is 2.52. The van der Waals surface area contributed by atoms with Gasteiger partial charge in [-0.25, -0.2) is 4.79 Å². The summed E-state index contributed by atoms with van der Waals surface area (Å²) in [7, 11) is 1.35. The molecule has 0 saturated heterocycles. The highest BCUT2D eigenvalue weighted by Gasteiger charge is 2.14. The summed E-state index contributed by atoms with van der Waals surface area (Å²) >= 11 is 0. The highest BCUT2D eigenvalue weighted by molar-refractivity contribution is 5.87. The van der Waals surface area contributed by atoms with E-state index >= 15 is 0 Å². The summed E-state index contributed by atoms with van der Waals surface area (Å²) in [5.41, 5.74) is 0.921. The third-order valence-electron chi connectivity index (χ3n) is 1.64. The van der Waals surface area contributed by atoms with Gasteiger partial charge in [-0.3, -0.25) is 0 Å². The van der Waals surface area contributed by atoms with Crippen LogP contribution in [0.4, 0.5) is 0 Å². The summed E-state index contributed by atoms with van der Waals surface area (Å²) in [6.45, 7) is 2.05. The highest BCUT2D eigenvalue weighted by Crippen LogP contribution is 2.13. The van der Waals surface area contributed by atoms with Crippen molar-refractivity contribution in [2.24, 2.45) is 0 Å². The topological polar surface area (TPSA) is 39.4 Å². The second-order valence-corrected chi connectivity index (χ2v) is 2.52. The lowest BCUT2D eigenvalue weighted by Crippen LogP contribution is -2.02. The molecule has 0 spiro atoms. The Labute approximate surface area is 71.3 Å². The molecule has 66 valence electrons. The third kappa shape index (κ3) is 1.67. The Morgan fingerprint density at radius 3 is 3.00 bits per heavy atom. The lowest BCUT2D eigenvalue weighted by molar-refractivity contribution is 0.0563. The van der Waals surface area contributed by atoms with Gasteiger partial charge in [-0.05, 0) is 12.5 Å². The van der Waals surface area contributed by atoms with Crippen molar-refractivity contribution in [2.75, 3.05) is 7.11 Å². The number of esters is 1. The molecule has 0 N–H and O–H groups in total. The number of rotatable bonds is 3. The maximum Gasteiger partial charge on any atom is 0.374 e. The van der Waals surface area contributed by atoms with Crippen molar-refractivity contribution in [1.82, 2.24) is 0 Å². The number of furan rings is 1. The minimum Gasteiger partial charge on any atom is -0.463 e. The van der Waals surface area contributed by atoms with Gasteiger partial charge in [-0.1, -0.05) is 13.3 Å². The fraction of sp³-hybridized carbons (Fsp3) is 0.444. The van der Waals surface area contributed by atoms with Crippen LogP contribution in [0.2, 0.25) is 0 Å². The monoisotopic (exact) mass is 168 g/mol. The fourth-order valence-corrected chi connectivity index (χ4v) is 1.07. The molecule has 0 amide bonds. The number of hydrogen-bond acceptors (Lipinski definition) is 3. The predicted molar refractivity (Wildman–Crippen MR) is 44.0 cm³/mol. The summed E-state index contributed by atoms with van der Waals surface area (Å²) in [4.78, 5) is 11.1. The van der Waals surface area contributed by atoms with Gasteiger partial charge in [-0.2, -0.15) is 0 Å². The summed E-state index contributed by atoms with van der Waals surface area (Å²) in [5, 5.41) is 0. The Kier molecular flexibility index (Phi) is 2.91. The van der Waals surface area contributed by atoms with E-state index in [4.69, 9.17) is 4.42 Å². The molecule has 0 atom stereocenters. The zero-order chi connectivity index (χ0) is 8.97. The fourth-order valence-electron chi connectivity index (χ4n) is 1.07. The van der Waals surface area contributed by atoms with Crippen molar-refractivity contribution in [3.63, 3.8) is 0 Å². The van der Waals surface area contributed by atoms with Crippen LogP contribution >= 0.6 is 0 Å². The Bertz CT molecular complexity index is 262. The molecule has 0 aliphatic heterocycles. The lowest BCUT2D eigenvalue weighted by Gasteiger charge is -1.97. The van der Waals surface area contributed by atoms with E-state index in [-0.39, 0.29) is 0 Å². The number of hydrogen-bond donors (Lipinski definition) is 0. The summed E-state index contributed by atoms with van der Waals surface area (Å²) in [5.74, 6) is -0.0669. The number of aryl methyl sites for hydroxylation is 1. The quantitative estimate of drug-likeness (QED) is 0.648. The Morgan fingerprint density at radius 2 is 2.42 bits per heavy atom. The van der Waals surface area contributed by atoms with E-state index in [0.717, 1.165) is 18.4 Å². The minimum absolute atomic E-state index is 0.333. The van der Waals surface area contributed by atoms with Crippen LogP contribution in [0.1, 0.15) is 29.5 Å². The van der Waals surface area contributed by atoms with Gasteiger partial charge in [0, 0.05) is 5.56 Å². The number of carbonyl (C=O) groups is 1. The van der Waals surface area contributed by atoms with Crippen LogP contribution in [0.3, 0.4) is 0 Å². The molecule has 3 nitrogen and oxygen atoms in total. The van der Waals surface area contributed by atoms with E-state index in [0.29, 0.717) is 5.76 Å². The Morgan fingerprint density at radius 1 is 1.67 bits per heavy atom. The van der Waals surface area contributed by atoms with Gasteiger partial charge in [-0.15, -0.1) is 0 Å². The van der Waals surface area contributed by atoms with Gasteiger partial charge in [0.1, 0.15) is 0 Å². The van der Waals surface area contributed by atoms with Crippen LogP contribution in [0.5, 0.6) is 0 Å². The molecule has 0 aliphatic carbocycles. The van der Waals surface area contributed by atoms with E-state index in [1.165, 1.54) is 13.4 Å². The molecular formula is C9H12O3. The largest absolute Gasteiger partial charge is 0.463 e. The molecule has 3 heteroatoms. The van der Waals surface area contributed by atoms with E-state index < -0.39 is 5.97 Å². The van der Waals surface area contributed by atoms with Crippen LogP contribution in [-0.4, -0.2) is 13.1 Å². The van der Waals surface area contributed by atoms with Crippen molar-refractivity contribution >= 4 is 5.97 Å². The summed E-state index contributed by atoms with van der Waals surface area (Å²) in [6.07, 6.45) is 3.35. The molecule has 1 aromatic heterocycles. The molecule has 1 aromatic rings. The Balaban J connectivity index is 2.83. The predicted octanol–water partition coefficient (Wildman–Crippen LogP) is 2.02. The Hall–Kier alpha value is -1.25. The molecule has 0 aromatic carbocycles. The van der Waals surface area contributed by atoms with Crippen molar-refractivity contribution in [3.05, 3.63) is 23.7 Å². The molecule has 0 radical (unpaired) electrons. The number of methoxy groups -OCH3 is 1. The van der Waals surface area contributed by atoms with Crippen molar-refractivity contribution in [3.8, 4) is 0 Å². The molecule has 0 bridgehead atoms. The molecule has 12 heavy (non-hydrogen) atoms. The zero-order valence-corrected chi connectivity index (χ0v) is 7.29. The van der Waals surface area contributed by atoms with Gasteiger partial charge in [0.05, 0.1) is 13.4 Å². The second-order valence-electron chi connectivity index (χ2n) is 2.52. The lowest BCUT2D eigenvalue weighted by atomic mass is 10.1. The number of ether oxygens (including phenoxy) is 1. The summed E-state index contributed by atoms with van der Waals surface area (Å²) < 4.78 is 9.54. The normalized spacial score (nSPS) is 9.83. The van der Waals surface area contributed by atoms with Crippen LogP contribution in [0.25, 0.3) is 0 Å². The first kappa shape index (κ1) is 8.84. The van der Waals surface area contributed by atoms with E-state index in [9.17, 15) is 4.79 Å². The van der Waals surface area contributed by atoms with Crippen molar-refractivity contribution in [2.45, 2.75) is 19.8 Å². The summed E-state index contributed by atoms with van der Waals surface area (Å²) in [6, 6.07) is 1.80. The van der Waals surface area contributed by atoms with Crippen LogP contribution < -0.4 is 0 Å². The van der Waals surface area contributed by atoms with Gasteiger partial charge in [0.25, 0.3) is 0 Å². The van der Waals surface area contributed by atoms with E-state index in [1.54, 1.807) is 6.07 Å².